The minimum Gasteiger partial charge on any atom is -0.347 e. The fourth-order valence-corrected chi connectivity index (χ4v) is 5.16. The Morgan fingerprint density at radius 3 is 2.61 bits per heavy atom. The number of carbonyl (C=O) groups is 1. The minimum atomic E-state index is -0.106. The second-order valence-corrected chi connectivity index (χ2v) is 9.76. The number of thiazole rings is 1. The Kier molecular flexibility index (Phi) is 6.79. The molecule has 2 heterocycles. The molecule has 4 nitrogen and oxygen atoms in total. The first kappa shape index (κ1) is 21.3. The van der Waals surface area contributed by atoms with Gasteiger partial charge in [-0.05, 0) is 28.7 Å². The average molecular weight is 446 g/mol. The second-order valence-electron chi connectivity index (χ2n) is 7.41. The number of rotatable bonds is 7. The van der Waals surface area contributed by atoms with Crippen LogP contribution >= 0.6 is 23.1 Å². The van der Waals surface area contributed by atoms with E-state index < -0.39 is 0 Å². The van der Waals surface area contributed by atoms with E-state index in [0.29, 0.717) is 17.3 Å². The molecule has 0 bridgehead atoms. The predicted octanol–water partition coefficient (Wildman–Crippen LogP) is 6.41. The Labute approximate surface area is 190 Å². The molecule has 0 atom stereocenters. The number of hydrogen-bond donors (Lipinski definition) is 1. The Bertz CT molecular complexity index is 1170. The molecule has 0 saturated heterocycles. The Morgan fingerprint density at radius 1 is 1.03 bits per heavy atom. The number of nitrogens with one attached hydrogen (secondary N) is 1. The lowest BCUT2D eigenvalue weighted by Gasteiger charge is -2.13. The van der Waals surface area contributed by atoms with Crippen LogP contribution in [0, 0.1) is 0 Å². The van der Waals surface area contributed by atoms with Crippen molar-refractivity contribution in [1.82, 2.24) is 15.3 Å². The third-order valence-electron chi connectivity index (χ3n) is 4.82. The molecular formula is C25H23N3OS2. The first-order chi connectivity index (χ1) is 15.1. The predicted molar refractivity (Wildman–Crippen MR) is 128 cm³/mol. The largest absolute Gasteiger partial charge is 0.347 e. The van der Waals surface area contributed by atoms with E-state index in [1.54, 1.807) is 6.20 Å². The van der Waals surface area contributed by atoms with Crippen LogP contribution in [0.3, 0.4) is 0 Å². The normalized spacial score (nSPS) is 10.9. The van der Waals surface area contributed by atoms with E-state index in [4.69, 9.17) is 0 Å². The summed E-state index contributed by atoms with van der Waals surface area (Å²) in [6, 6.07) is 20.4. The molecule has 6 heteroatoms. The third-order valence-corrected chi connectivity index (χ3v) is 6.85. The quantitative estimate of drug-likeness (QED) is 0.357. The van der Waals surface area contributed by atoms with Gasteiger partial charge in [-0.25, -0.2) is 4.98 Å². The van der Waals surface area contributed by atoms with Crippen molar-refractivity contribution in [3.05, 3.63) is 95.3 Å². The zero-order valence-corrected chi connectivity index (χ0v) is 19.0. The summed E-state index contributed by atoms with van der Waals surface area (Å²) in [7, 11) is 0. The van der Waals surface area contributed by atoms with Crippen LogP contribution < -0.4 is 5.32 Å². The molecule has 4 rings (SSSR count). The van der Waals surface area contributed by atoms with Crippen LogP contribution in [0.1, 0.15) is 40.6 Å². The zero-order chi connectivity index (χ0) is 21.6. The van der Waals surface area contributed by atoms with Gasteiger partial charge in [0.15, 0.2) is 4.34 Å². The Hall–Kier alpha value is -2.96. The lowest BCUT2D eigenvalue weighted by Crippen LogP contribution is -2.21. The van der Waals surface area contributed by atoms with Gasteiger partial charge in [-0.2, -0.15) is 0 Å². The molecule has 0 radical (unpaired) electrons. The number of pyridine rings is 1. The van der Waals surface area contributed by atoms with E-state index in [9.17, 15) is 4.79 Å². The van der Waals surface area contributed by atoms with Crippen LogP contribution in [-0.2, 0) is 6.54 Å². The first-order valence-electron chi connectivity index (χ1n) is 10.1. The SMILES string of the molecule is CC(C)c1ccccc1-c1cncc(Sc2ncc(C(=O)NCc3ccccc3)s2)c1. The number of aromatic nitrogens is 2. The molecule has 0 aliphatic heterocycles. The van der Waals surface area contributed by atoms with Crippen LogP contribution in [0.25, 0.3) is 11.1 Å². The number of hydrogen-bond acceptors (Lipinski definition) is 5. The number of carbonyl (C=O) groups excluding carboxylic acids is 1. The van der Waals surface area contributed by atoms with Gasteiger partial charge in [0.25, 0.3) is 5.91 Å². The number of amides is 1. The van der Waals surface area contributed by atoms with E-state index in [2.05, 4.69) is 59.5 Å². The van der Waals surface area contributed by atoms with Gasteiger partial charge in [-0.15, -0.1) is 11.3 Å². The standard InChI is InChI=1S/C25H23N3OS2/c1-17(2)21-10-6-7-11-22(21)19-12-20(15-26-14-19)30-25-28-16-23(31-25)24(29)27-13-18-8-4-3-5-9-18/h3-12,14-17H,13H2,1-2H3,(H,27,29). The topological polar surface area (TPSA) is 54.9 Å². The summed E-state index contributed by atoms with van der Waals surface area (Å²) in [5, 5.41) is 2.95. The van der Waals surface area contributed by atoms with E-state index in [0.717, 1.165) is 20.4 Å². The van der Waals surface area contributed by atoms with Crippen LogP contribution in [0.15, 0.2) is 88.5 Å². The summed E-state index contributed by atoms with van der Waals surface area (Å²) in [5.74, 6) is 0.328. The molecule has 0 aliphatic carbocycles. The smallest absolute Gasteiger partial charge is 0.263 e. The summed E-state index contributed by atoms with van der Waals surface area (Å²) in [6.07, 6.45) is 5.37. The number of nitrogens with zero attached hydrogens (tertiary/aromatic N) is 2. The summed E-state index contributed by atoms with van der Waals surface area (Å²) in [4.78, 5) is 22.9. The highest BCUT2D eigenvalue weighted by atomic mass is 32.2. The second kappa shape index (κ2) is 9.90. The molecule has 0 saturated carbocycles. The maximum atomic E-state index is 12.5. The molecular weight excluding hydrogens is 422 g/mol. The maximum Gasteiger partial charge on any atom is 0.263 e. The highest BCUT2D eigenvalue weighted by Gasteiger charge is 2.13. The third kappa shape index (κ3) is 5.40. The first-order valence-corrected chi connectivity index (χ1v) is 11.7. The fraction of sp³-hybridized carbons (Fsp3) is 0.160. The highest BCUT2D eigenvalue weighted by Crippen LogP contribution is 2.35. The van der Waals surface area contributed by atoms with Gasteiger partial charge in [0.05, 0.1) is 6.20 Å². The van der Waals surface area contributed by atoms with Gasteiger partial charge in [-0.1, -0.05) is 80.2 Å². The molecule has 31 heavy (non-hydrogen) atoms. The summed E-state index contributed by atoms with van der Waals surface area (Å²) in [6.45, 7) is 4.90. The van der Waals surface area contributed by atoms with Crippen LogP contribution in [0.2, 0.25) is 0 Å². The molecule has 4 aromatic rings. The van der Waals surface area contributed by atoms with Crippen molar-refractivity contribution >= 4 is 29.0 Å². The summed E-state index contributed by atoms with van der Waals surface area (Å²) < 4.78 is 0.820. The van der Waals surface area contributed by atoms with Gasteiger partial charge in [0.2, 0.25) is 0 Å². The van der Waals surface area contributed by atoms with E-state index in [1.807, 2.05) is 42.7 Å². The maximum absolute atomic E-state index is 12.5. The molecule has 0 spiro atoms. The van der Waals surface area contributed by atoms with Gasteiger partial charge in [0.1, 0.15) is 4.88 Å². The van der Waals surface area contributed by atoms with E-state index >= 15 is 0 Å². The average Bonchev–Trinajstić information content (AvgIpc) is 3.27. The Morgan fingerprint density at radius 2 is 1.81 bits per heavy atom. The van der Waals surface area contributed by atoms with Crippen LogP contribution in [0.4, 0.5) is 0 Å². The Balaban J connectivity index is 1.46. The van der Waals surface area contributed by atoms with Crippen molar-refractivity contribution in [3.63, 3.8) is 0 Å². The van der Waals surface area contributed by atoms with Gasteiger partial charge < -0.3 is 5.32 Å². The van der Waals surface area contributed by atoms with Crippen LogP contribution in [-0.4, -0.2) is 15.9 Å². The molecule has 2 aromatic heterocycles. The van der Waals surface area contributed by atoms with Crippen molar-refractivity contribution in [2.75, 3.05) is 0 Å². The molecule has 1 amide bonds. The van der Waals surface area contributed by atoms with Crippen molar-refractivity contribution in [2.45, 2.75) is 35.5 Å². The molecule has 0 fully saturated rings. The molecule has 0 unspecified atom stereocenters. The van der Waals surface area contributed by atoms with Crippen molar-refractivity contribution in [2.24, 2.45) is 0 Å². The van der Waals surface area contributed by atoms with Gasteiger partial charge in [-0.3, -0.25) is 9.78 Å². The van der Waals surface area contributed by atoms with Crippen molar-refractivity contribution < 1.29 is 4.79 Å². The van der Waals surface area contributed by atoms with Gasteiger partial charge >= 0.3 is 0 Å². The monoisotopic (exact) mass is 445 g/mol. The molecule has 1 N–H and O–H groups in total. The van der Waals surface area contributed by atoms with Gasteiger partial charge in [0, 0.05) is 29.4 Å². The lowest BCUT2D eigenvalue weighted by molar-refractivity contribution is 0.0954. The molecule has 2 aromatic carbocycles. The zero-order valence-electron chi connectivity index (χ0n) is 17.4. The molecule has 0 aliphatic rings. The summed E-state index contributed by atoms with van der Waals surface area (Å²) >= 11 is 2.92. The minimum absolute atomic E-state index is 0.106. The highest BCUT2D eigenvalue weighted by molar-refractivity contribution is 8.01. The van der Waals surface area contributed by atoms with Crippen LogP contribution in [0.5, 0.6) is 0 Å². The summed E-state index contributed by atoms with van der Waals surface area (Å²) in [5.41, 5.74) is 4.66. The number of benzene rings is 2. The van der Waals surface area contributed by atoms with E-state index in [-0.39, 0.29) is 5.91 Å². The van der Waals surface area contributed by atoms with Crippen molar-refractivity contribution in [1.29, 1.82) is 0 Å². The van der Waals surface area contributed by atoms with E-state index in [1.165, 1.54) is 34.2 Å². The fourth-order valence-electron chi connectivity index (χ4n) is 3.26. The van der Waals surface area contributed by atoms with Crippen molar-refractivity contribution in [3.8, 4) is 11.1 Å². The lowest BCUT2D eigenvalue weighted by atomic mass is 9.93. The molecule has 156 valence electrons.